The van der Waals surface area contributed by atoms with Gasteiger partial charge in [0.15, 0.2) is 11.6 Å². The minimum Gasteiger partial charge on any atom is -0.487 e. The summed E-state index contributed by atoms with van der Waals surface area (Å²) in [6, 6.07) is 7.07. The molecule has 0 aromatic heterocycles. The second-order valence-corrected chi connectivity index (χ2v) is 6.63. The van der Waals surface area contributed by atoms with Gasteiger partial charge in [0.2, 0.25) is 5.91 Å². The molecule has 0 bridgehead atoms. The third-order valence-corrected chi connectivity index (χ3v) is 5.01. The van der Waals surface area contributed by atoms with E-state index < -0.39 is 0 Å². The number of piperidine rings is 1. The molecule has 1 aromatic rings. The average molecular weight is 320 g/mol. The number of para-hydroxylation sites is 1. The van der Waals surface area contributed by atoms with E-state index in [9.17, 15) is 9.18 Å². The first-order chi connectivity index (χ1) is 11.1. The molecule has 2 fully saturated rings. The Labute approximate surface area is 137 Å². The van der Waals surface area contributed by atoms with Crippen LogP contribution in [-0.2, 0) is 4.79 Å². The van der Waals surface area contributed by atoms with Crippen LogP contribution >= 0.6 is 0 Å². The van der Waals surface area contributed by atoms with E-state index in [2.05, 4.69) is 4.90 Å². The molecular weight excluding hydrogens is 295 g/mol. The highest BCUT2D eigenvalue weighted by atomic mass is 19.1. The molecule has 0 unspecified atom stereocenters. The molecule has 126 valence electrons. The SMILES string of the molecule is CN(CC(=O)N1CCC(Oc2ccccc2F)CC1)C1CCC1. The first-order valence-electron chi connectivity index (χ1n) is 8.52. The third kappa shape index (κ3) is 4.02. The Morgan fingerprint density at radius 1 is 1.26 bits per heavy atom. The van der Waals surface area contributed by atoms with Crippen LogP contribution in [0.1, 0.15) is 32.1 Å². The fraction of sp³-hybridized carbons (Fsp3) is 0.611. The standard InChI is InChI=1S/C18H25FN2O2/c1-20(14-5-4-6-14)13-18(22)21-11-9-15(10-12-21)23-17-8-3-2-7-16(17)19/h2-3,7-8,14-15H,4-6,9-13H2,1H3. The van der Waals surface area contributed by atoms with Crippen LogP contribution in [0.5, 0.6) is 5.75 Å². The van der Waals surface area contributed by atoms with E-state index in [-0.39, 0.29) is 17.8 Å². The van der Waals surface area contributed by atoms with E-state index in [4.69, 9.17) is 4.74 Å². The molecule has 1 heterocycles. The van der Waals surface area contributed by atoms with Crippen molar-refractivity contribution in [3.05, 3.63) is 30.1 Å². The number of likely N-dealkylation sites (tertiary alicyclic amines) is 1. The molecule has 1 saturated heterocycles. The van der Waals surface area contributed by atoms with Gasteiger partial charge >= 0.3 is 0 Å². The summed E-state index contributed by atoms with van der Waals surface area (Å²) in [5, 5.41) is 0. The average Bonchev–Trinajstić information content (AvgIpc) is 2.48. The molecule has 0 N–H and O–H groups in total. The molecule has 2 aliphatic rings. The normalized spacial score (nSPS) is 19.7. The molecule has 1 aliphatic carbocycles. The van der Waals surface area contributed by atoms with Crippen molar-refractivity contribution in [3.8, 4) is 5.75 Å². The van der Waals surface area contributed by atoms with Gasteiger partial charge in [-0.25, -0.2) is 4.39 Å². The third-order valence-electron chi connectivity index (χ3n) is 5.01. The monoisotopic (exact) mass is 320 g/mol. The Hall–Kier alpha value is -1.62. The highest BCUT2D eigenvalue weighted by Gasteiger charge is 2.28. The first kappa shape index (κ1) is 16.2. The number of likely N-dealkylation sites (N-methyl/N-ethyl adjacent to an activating group) is 1. The predicted molar refractivity (Wildman–Crippen MR) is 86.9 cm³/mol. The summed E-state index contributed by atoms with van der Waals surface area (Å²) in [5.41, 5.74) is 0. The Kier molecular flexibility index (Phi) is 5.16. The lowest BCUT2D eigenvalue weighted by Crippen LogP contribution is -2.48. The number of nitrogens with zero attached hydrogens (tertiary/aromatic N) is 2. The van der Waals surface area contributed by atoms with Gasteiger partial charge in [-0.05, 0) is 32.0 Å². The number of ether oxygens (including phenoxy) is 1. The van der Waals surface area contributed by atoms with E-state index in [1.807, 2.05) is 11.9 Å². The molecule has 1 amide bonds. The van der Waals surface area contributed by atoms with E-state index in [0.29, 0.717) is 31.4 Å². The van der Waals surface area contributed by atoms with Crippen LogP contribution in [-0.4, -0.2) is 54.5 Å². The molecule has 1 aromatic carbocycles. The molecule has 1 aliphatic heterocycles. The Morgan fingerprint density at radius 2 is 1.96 bits per heavy atom. The van der Waals surface area contributed by atoms with Crippen LogP contribution in [0, 0.1) is 5.82 Å². The summed E-state index contributed by atoms with van der Waals surface area (Å²) in [6.07, 6.45) is 5.20. The number of benzene rings is 1. The van der Waals surface area contributed by atoms with Gasteiger partial charge in [-0.3, -0.25) is 9.69 Å². The molecule has 1 saturated carbocycles. The van der Waals surface area contributed by atoms with Gasteiger partial charge in [-0.2, -0.15) is 0 Å². The number of hydrogen-bond acceptors (Lipinski definition) is 3. The molecule has 5 heteroatoms. The van der Waals surface area contributed by atoms with Crippen molar-refractivity contribution in [3.63, 3.8) is 0 Å². The van der Waals surface area contributed by atoms with Crippen LogP contribution in [0.3, 0.4) is 0 Å². The van der Waals surface area contributed by atoms with Crippen molar-refractivity contribution >= 4 is 5.91 Å². The largest absolute Gasteiger partial charge is 0.487 e. The lowest BCUT2D eigenvalue weighted by molar-refractivity contribution is -0.134. The number of hydrogen-bond donors (Lipinski definition) is 0. The fourth-order valence-corrected chi connectivity index (χ4v) is 3.21. The van der Waals surface area contributed by atoms with Gasteiger partial charge < -0.3 is 9.64 Å². The Balaban J connectivity index is 1.44. The molecular formula is C18H25FN2O2. The predicted octanol–water partition coefficient (Wildman–Crippen LogP) is 2.68. The van der Waals surface area contributed by atoms with Crippen LogP contribution in [0.4, 0.5) is 4.39 Å². The van der Waals surface area contributed by atoms with Gasteiger partial charge in [0.1, 0.15) is 6.10 Å². The summed E-state index contributed by atoms with van der Waals surface area (Å²) >= 11 is 0. The topological polar surface area (TPSA) is 32.8 Å². The molecule has 0 atom stereocenters. The van der Waals surface area contributed by atoms with E-state index >= 15 is 0 Å². The van der Waals surface area contributed by atoms with Crippen molar-refractivity contribution in [1.29, 1.82) is 0 Å². The van der Waals surface area contributed by atoms with Crippen molar-refractivity contribution in [2.24, 2.45) is 0 Å². The van der Waals surface area contributed by atoms with Crippen LogP contribution in [0.2, 0.25) is 0 Å². The summed E-state index contributed by atoms with van der Waals surface area (Å²) in [7, 11) is 2.04. The van der Waals surface area contributed by atoms with Crippen LogP contribution in [0.25, 0.3) is 0 Å². The van der Waals surface area contributed by atoms with E-state index in [0.717, 1.165) is 12.8 Å². The number of carbonyl (C=O) groups excluding carboxylic acids is 1. The van der Waals surface area contributed by atoms with Crippen molar-refractivity contribution < 1.29 is 13.9 Å². The van der Waals surface area contributed by atoms with Crippen molar-refractivity contribution in [1.82, 2.24) is 9.80 Å². The lowest BCUT2D eigenvalue weighted by Gasteiger charge is -2.37. The second-order valence-electron chi connectivity index (χ2n) is 6.63. The number of amides is 1. The van der Waals surface area contributed by atoms with E-state index in [1.165, 1.54) is 25.3 Å². The van der Waals surface area contributed by atoms with Gasteiger partial charge in [0.05, 0.1) is 6.54 Å². The minimum absolute atomic E-state index is 0.0136. The molecule has 3 rings (SSSR count). The molecule has 0 spiro atoms. The zero-order chi connectivity index (χ0) is 16.2. The zero-order valence-corrected chi connectivity index (χ0v) is 13.7. The van der Waals surface area contributed by atoms with Gasteiger partial charge in [0.25, 0.3) is 0 Å². The minimum atomic E-state index is -0.326. The molecule has 4 nitrogen and oxygen atoms in total. The first-order valence-corrected chi connectivity index (χ1v) is 8.52. The van der Waals surface area contributed by atoms with Crippen molar-refractivity contribution in [2.75, 3.05) is 26.7 Å². The quantitative estimate of drug-likeness (QED) is 0.836. The highest BCUT2D eigenvalue weighted by molar-refractivity contribution is 5.78. The summed E-state index contributed by atoms with van der Waals surface area (Å²) in [5.74, 6) is 0.180. The smallest absolute Gasteiger partial charge is 0.236 e. The maximum absolute atomic E-state index is 13.6. The Bertz CT molecular complexity index is 540. The van der Waals surface area contributed by atoms with Gasteiger partial charge in [-0.15, -0.1) is 0 Å². The Morgan fingerprint density at radius 3 is 2.57 bits per heavy atom. The van der Waals surface area contributed by atoms with E-state index in [1.54, 1.807) is 18.2 Å². The number of carbonyl (C=O) groups is 1. The van der Waals surface area contributed by atoms with Crippen molar-refractivity contribution in [2.45, 2.75) is 44.2 Å². The summed E-state index contributed by atoms with van der Waals surface area (Å²) in [4.78, 5) is 16.4. The van der Waals surface area contributed by atoms with Gasteiger partial charge in [-0.1, -0.05) is 18.6 Å². The maximum atomic E-state index is 13.6. The lowest BCUT2D eigenvalue weighted by atomic mass is 9.92. The maximum Gasteiger partial charge on any atom is 0.236 e. The summed E-state index contributed by atoms with van der Waals surface area (Å²) in [6.45, 7) is 1.89. The highest BCUT2D eigenvalue weighted by Crippen LogP contribution is 2.24. The number of rotatable bonds is 5. The van der Waals surface area contributed by atoms with Gasteiger partial charge in [0, 0.05) is 32.0 Å². The molecule has 0 radical (unpaired) electrons. The van der Waals surface area contributed by atoms with Crippen LogP contribution < -0.4 is 4.74 Å². The number of halogens is 1. The summed E-state index contributed by atoms with van der Waals surface area (Å²) < 4.78 is 19.3. The van der Waals surface area contributed by atoms with Crippen LogP contribution in [0.15, 0.2) is 24.3 Å². The zero-order valence-electron chi connectivity index (χ0n) is 13.7. The molecule has 23 heavy (non-hydrogen) atoms. The fourth-order valence-electron chi connectivity index (χ4n) is 3.21. The second kappa shape index (κ2) is 7.30.